The first-order valence-electron chi connectivity index (χ1n) is 3.04. The molecule has 0 bridgehead atoms. The topological polar surface area (TPSA) is 32.6 Å². The first-order chi connectivity index (χ1) is 4.41. The minimum atomic E-state index is 0.670. The minimum absolute atomic E-state index is 0.670. The summed E-state index contributed by atoms with van der Waals surface area (Å²) in [7, 11) is 3.44. The molecule has 55 valence electrons. The Balaban J connectivity index is 2.60. The maximum atomic E-state index is 5.10. The lowest BCUT2D eigenvalue weighted by Gasteiger charge is -2.00. The molecule has 0 aliphatic heterocycles. The number of ether oxygens (including phenoxy) is 2. The summed E-state index contributed by atoms with van der Waals surface area (Å²) in [6, 6.07) is 0. The van der Waals surface area contributed by atoms with Crippen LogP contribution in [0.5, 0.6) is 0 Å². The maximum Gasteiger partial charge on any atom is 0.0700 e. The molecule has 0 aliphatic carbocycles. The van der Waals surface area contributed by atoms with Crippen molar-refractivity contribution in [1.82, 2.24) is 5.32 Å². The van der Waals surface area contributed by atoms with E-state index in [0.29, 0.717) is 19.8 Å². The van der Waals surface area contributed by atoms with Crippen molar-refractivity contribution in [1.29, 1.82) is 0 Å². The molecule has 0 saturated heterocycles. The summed E-state index contributed by atoms with van der Waals surface area (Å²) in [5, 5.41) is 3.87. The molecule has 0 aromatic heterocycles. The fourth-order valence-electron chi connectivity index (χ4n) is 0.400. The van der Waals surface area contributed by atoms with Crippen LogP contribution in [0.15, 0.2) is 0 Å². The van der Waals surface area contributed by atoms with Gasteiger partial charge in [-0.15, -0.1) is 0 Å². The largest absolute Gasteiger partial charge is 0.382 e. The van der Waals surface area contributed by atoms with Crippen molar-refractivity contribution in [2.24, 2.45) is 0 Å². The highest BCUT2D eigenvalue weighted by molar-refractivity contribution is 4.34. The lowest BCUT2D eigenvalue weighted by atomic mass is 10.7. The van der Waals surface area contributed by atoms with Gasteiger partial charge < -0.3 is 9.47 Å². The summed E-state index contributed by atoms with van der Waals surface area (Å²) >= 11 is 0. The van der Waals surface area contributed by atoms with E-state index in [0.717, 1.165) is 6.54 Å². The van der Waals surface area contributed by atoms with Crippen molar-refractivity contribution in [3.8, 4) is 0 Å². The molecular weight excluding hydrogens is 118 g/mol. The van der Waals surface area contributed by atoms with Crippen LogP contribution in [0.2, 0.25) is 0 Å². The summed E-state index contributed by atoms with van der Waals surface area (Å²) < 4.78 is 9.86. The van der Waals surface area contributed by atoms with Crippen molar-refractivity contribution in [3.05, 3.63) is 0 Å². The van der Waals surface area contributed by atoms with Gasteiger partial charge >= 0.3 is 0 Å². The normalized spacial score (nSPS) is 10.0. The number of rotatable bonds is 6. The Kier molecular flexibility index (Phi) is 7.77. The third-order valence-electron chi connectivity index (χ3n) is 0.891. The molecule has 0 fully saturated rings. The van der Waals surface area contributed by atoms with E-state index >= 15 is 0 Å². The van der Waals surface area contributed by atoms with Crippen molar-refractivity contribution in [3.63, 3.8) is 0 Å². The van der Waals surface area contributed by atoms with Gasteiger partial charge in [0.2, 0.25) is 0 Å². The highest BCUT2D eigenvalue weighted by Gasteiger charge is 1.84. The van der Waals surface area contributed by atoms with E-state index < -0.39 is 0 Å². The lowest BCUT2D eigenvalue weighted by molar-refractivity contribution is 0.0724. The van der Waals surface area contributed by atoms with Crippen molar-refractivity contribution in [2.45, 2.75) is 0 Å². The van der Waals surface area contributed by atoms with Gasteiger partial charge in [0.05, 0.1) is 19.8 Å². The Morgan fingerprint density at radius 3 is 2.56 bits per heavy atom. The van der Waals surface area contributed by atoms with Crippen molar-refractivity contribution >= 4 is 0 Å². The molecule has 0 aromatic rings. The smallest absolute Gasteiger partial charge is 0.0700 e. The van der Waals surface area contributed by atoms with Crippen LogP contribution in [0, 0.1) is 0 Å². The molecule has 3 heteroatoms. The Morgan fingerprint density at radius 2 is 2.00 bits per heavy atom. The number of hydrogen-bond acceptors (Lipinski definition) is 2. The Morgan fingerprint density at radius 1 is 1.22 bits per heavy atom. The molecule has 0 rings (SSSR count). The predicted octanol–water partition coefficient (Wildman–Crippen LogP) is -0.116. The summed E-state index contributed by atoms with van der Waals surface area (Å²) in [4.78, 5) is 0. The molecule has 0 aromatic carbocycles. The molecule has 3 nitrogen and oxygen atoms in total. The van der Waals surface area contributed by atoms with Crippen LogP contribution in [0.1, 0.15) is 0 Å². The molecular formula is C6H14NO2. The average molecular weight is 132 g/mol. The monoisotopic (exact) mass is 132 g/mol. The summed E-state index contributed by atoms with van der Waals surface area (Å²) in [5.74, 6) is 0. The quantitative estimate of drug-likeness (QED) is 0.472. The summed E-state index contributed by atoms with van der Waals surface area (Å²) in [6.45, 7) is 2.83. The first kappa shape index (κ1) is 8.88. The van der Waals surface area contributed by atoms with Gasteiger partial charge in [-0.25, -0.2) is 5.32 Å². The van der Waals surface area contributed by atoms with Crippen LogP contribution in [0.4, 0.5) is 0 Å². The lowest BCUT2D eigenvalue weighted by Crippen LogP contribution is -2.10. The second kappa shape index (κ2) is 7.88. The Hall–Kier alpha value is -0.120. The fraction of sp³-hybridized carbons (Fsp3) is 1.00. The van der Waals surface area contributed by atoms with Crippen LogP contribution < -0.4 is 5.32 Å². The Labute approximate surface area is 56.3 Å². The van der Waals surface area contributed by atoms with E-state index in [1.807, 2.05) is 0 Å². The molecule has 9 heavy (non-hydrogen) atoms. The van der Waals surface area contributed by atoms with Crippen LogP contribution in [-0.4, -0.2) is 40.5 Å². The van der Waals surface area contributed by atoms with E-state index in [9.17, 15) is 0 Å². The molecule has 0 spiro atoms. The van der Waals surface area contributed by atoms with Gasteiger partial charge in [-0.05, 0) is 0 Å². The maximum absolute atomic E-state index is 5.10. The van der Waals surface area contributed by atoms with E-state index in [1.165, 1.54) is 0 Å². The molecule has 0 N–H and O–H groups in total. The van der Waals surface area contributed by atoms with E-state index in [2.05, 4.69) is 5.32 Å². The molecule has 0 atom stereocenters. The zero-order chi connectivity index (χ0) is 6.95. The van der Waals surface area contributed by atoms with Gasteiger partial charge in [0.15, 0.2) is 0 Å². The average Bonchev–Trinajstić information content (AvgIpc) is 1.89. The third-order valence-corrected chi connectivity index (χ3v) is 0.891. The van der Waals surface area contributed by atoms with Crippen LogP contribution in [0.25, 0.3) is 0 Å². The highest BCUT2D eigenvalue weighted by atomic mass is 16.5. The molecule has 1 radical (unpaired) electrons. The number of methoxy groups -OCH3 is 1. The Bertz CT molecular complexity index is 44.3. The number of hydrogen-bond donors (Lipinski definition) is 0. The number of likely N-dealkylation sites (N-methyl/N-ethyl adjacent to an activating group) is 1. The second-order valence-electron chi connectivity index (χ2n) is 1.65. The van der Waals surface area contributed by atoms with Gasteiger partial charge in [0.1, 0.15) is 0 Å². The zero-order valence-electron chi connectivity index (χ0n) is 6.09. The minimum Gasteiger partial charge on any atom is -0.382 e. The van der Waals surface area contributed by atoms with Gasteiger partial charge in [-0.3, -0.25) is 0 Å². The third kappa shape index (κ3) is 7.88. The van der Waals surface area contributed by atoms with Gasteiger partial charge in [0, 0.05) is 20.7 Å². The van der Waals surface area contributed by atoms with Crippen LogP contribution in [-0.2, 0) is 9.47 Å². The summed E-state index contributed by atoms with van der Waals surface area (Å²) in [5.41, 5.74) is 0. The molecule has 0 amide bonds. The SMILES string of the molecule is C[N]CCOCCOC. The van der Waals surface area contributed by atoms with E-state index in [-0.39, 0.29) is 0 Å². The second-order valence-corrected chi connectivity index (χ2v) is 1.65. The standard InChI is InChI=1S/C6H14NO2/c1-7-3-4-9-6-5-8-2/h3-6H2,1-2H3. The predicted molar refractivity (Wildman–Crippen MR) is 35.6 cm³/mol. The summed E-state index contributed by atoms with van der Waals surface area (Å²) in [6.07, 6.45) is 0. The molecule has 0 saturated carbocycles. The van der Waals surface area contributed by atoms with Crippen LogP contribution in [0.3, 0.4) is 0 Å². The number of nitrogens with zero attached hydrogens (tertiary/aromatic N) is 1. The van der Waals surface area contributed by atoms with E-state index in [4.69, 9.17) is 9.47 Å². The molecule has 0 unspecified atom stereocenters. The van der Waals surface area contributed by atoms with Gasteiger partial charge in [-0.1, -0.05) is 0 Å². The van der Waals surface area contributed by atoms with Gasteiger partial charge in [0.25, 0.3) is 0 Å². The highest BCUT2D eigenvalue weighted by Crippen LogP contribution is 1.73. The zero-order valence-corrected chi connectivity index (χ0v) is 6.09. The van der Waals surface area contributed by atoms with E-state index in [1.54, 1.807) is 14.2 Å². The molecule has 0 aliphatic rings. The van der Waals surface area contributed by atoms with Crippen LogP contribution >= 0.6 is 0 Å². The first-order valence-corrected chi connectivity index (χ1v) is 3.04. The van der Waals surface area contributed by atoms with Gasteiger partial charge in [-0.2, -0.15) is 0 Å². The molecule has 0 heterocycles. The van der Waals surface area contributed by atoms with Crippen molar-refractivity contribution < 1.29 is 9.47 Å². The fourth-order valence-corrected chi connectivity index (χ4v) is 0.400. The van der Waals surface area contributed by atoms with Crippen molar-refractivity contribution in [2.75, 3.05) is 40.5 Å².